The molecule has 110 valence electrons. The summed E-state index contributed by atoms with van der Waals surface area (Å²) in [6, 6.07) is -0.0918. The number of carbonyl (C=O) groups excluding carboxylic acids is 3. The molecule has 1 aromatic rings. The Balaban J connectivity index is 1.62. The van der Waals surface area contributed by atoms with Gasteiger partial charge in [0, 0.05) is 31.5 Å². The lowest BCUT2D eigenvalue weighted by atomic mass is 10.0. The summed E-state index contributed by atoms with van der Waals surface area (Å²) in [5.74, 6) is -0.0453. The molecule has 3 heterocycles. The summed E-state index contributed by atoms with van der Waals surface area (Å²) in [5, 5.41) is -0.168. The van der Waals surface area contributed by atoms with Crippen LogP contribution in [0.1, 0.15) is 23.3 Å². The fraction of sp³-hybridized carbons (Fsp3) is 0.462. The highest BCUT2D eigenvalue weighted by Gasteiger charge is 2.38. The van der Waals surface area contributed by atoms with Crippen LogP contribution in [0.3, 0.4) is 0 Å². The van der Waals surface area contributed by atoms with Crippen LogP contribution in [0.25, 0.3) is 0 Å². The second-order valence-corrected chi connectivity index (χ2v) is 5.86. The summed E-state index contributed by atoms with van der Waals surface area (Å²) in [4.78, 5) is 46.6. The molecule has 0 atom stereocenters. The molecule has 2 saturated heterocycles. The third-order valence-electron chi connectivity index (χ3n) is 3.68. The van der Waals surface area contributed by atoms with Crippen molar-refractivity contribution in [2.45, 2.75) is 18.9 Å². The monoisotopic (exact) mass is 306 g/mol. The molecule has 3 rings (SSSR count). The Morgan fingerprint density at radius 2 is 2.00 bits per heavy atom. The Labute approximate surface area is 125 Å². The average Bonchev–Trinajstić information content (AvgIpc) is 2.87. The van der Waals surface area contributed by atoms with Crippen molar-refractivity contribution in [3.05, 3.63) is 24.3 Å². The number of hydrogen-bond donors (Lipinski definition) is 0. The first-order valence-electron chi connectivity index (χ1n) is 6.71. The number of nitrogens with zero attached hydrogens (tertiary/aromatic N) is 4. The first-order chi connectivity index (χ1) is 10.2. The Kier molecular flexibility index (Phi) is 3.87. The van der Waals surface area contributed by atoms with Crippen LogP contribution in [0.5, 0.6) is 0 Å². The number of imide groups is 1. The molecule has 1 aromatic heterocycles. The number of carbonyl (C=O) groups is 3. The van der Waals surface area contributed by atoms with Gasteiger partial charge >= 0.3 is 0 Å². The molecule has 0 aromatic carbocycles. The van der Waals surface area contributed by atoms with E-state index < -0.39 is 0 Å². The summed E-state index contributed by atoms with van der Waals surface area (Å²) >= 11 is 1.05. The van der Waals surface area contributed by atoms with E-state index >= 15 is 0 Å². The Morgan fingerprint density at radius 3 is 2.57 bits per heavy atom. The molecule has 0 aliphatic carbocycles. The van der Waals surface area contributed by atoms with Gasteiger partial charge in [-0.2, -0.15) is 0 Å². The van der Waals surface area contributed by atoms with E-state index in [1.165, 1.54) is 23.5 Å². The van der Waals surface area contributed by atoms with Crippen LogP contribution in [-0.2, 0) is 4.79 Å². The molecule has 7 nitrogen and oxygen atoms in total. The highest BCUT2D eigenvalue weighted by atomic mass is 32.2. The highest BCUT2D eigenvalue weighted by Crippen LogP contribution is 2.26. The minimum atomic E-state index is -0.168. The second-order valence-electron chi connectivity index (χ2n) is 4.93. The van der Waals surface area contributed by atoms with Crippen molar-refractivity contribution in [1.82, 2.24) is 19.8 Å². The highest BCUT2D eigenvalue weighted by molar-refractivity contribution is 8.14. The Hall–Kier alpha value is -1.96. The van der Waals surface area contributed by atoms with Crippen LogP contribution in [-0.4, -0.2) is 61.7 Å². The van der Waals surface area contributed by atoms with Crippen LogP contribution in [0.4, 0.5) is 4.79 Å². The summed E-state index contributed by atoms with van der Waals surface area (Å²) in [5.41, 5.74) is 0.319. The second kappa shape index (κ2) is 5.80. The van der Waals surface area contributed by atoms with E-state index in [0.717, 1.165) is 11.8 Å². The SMILES string of the molecule is O=C(c1cnccn1)N1CCC(N2C(=O)CSC2=O)CC1. The number of aromatic nitrogens is 2. The van der Waals surface area contributed by atoms with Gasteiger partial charge in [0.1, 0.15) is 5.69 Å². The number of amides is 3. The lowest BCUT2D eigenvalue weighted by Gasteiger charge is -2.35. The van der Waals surface area contributed by atoms with Gasteiger partial charge in [-0.25, -0.2) is 4.98 Å². The fourth-order valence-corrected chi connectivity index (χ4v) is 3.39. The maximum atomic E-state index is 12.2. The molecule has 0 bridgehead atoms. The van der Waals surface area contributed by atoms with E-state index in [-0.39, 0.29) is 28.8 Å². The molecule has 21 heavy (non-hydrogen) atoms. The summed E-state index contributed by atoms with van der Waals surface area (Å²) in [6.07, 6.45) is 5.68. The number of likely N-dealkylation sites (tertiary alicyclic amines) is 1. The Bertz CT molecular complexity index is 556. The van der Waals surface area contributed by atoms with Gasteiger partial charge in [0.05, 0.1) is 11.9 Å². The topological polar surface area (TPSA) is 83.5 Å². The fourth-order valence-electron chi connectivity index (χ4n) is 2.62. The summed E-state index contributed by atoms with van der Waals surface area (Å²) in [6.45, 7) is 1.03. The predicted molar refractivity (Wildman–Crippen MR) is 75.7 cm³/mol. The van der Waals surface area contributed by atoms with Crippen molar-refractivity contribution in [2.75, 3.05) is 18.8 Å². The standard InChI is InChI=1S/C13H14N4O3S/c18-11-8-21-13(20)17(11)9-1-5-16(6-2-9)12(19)10-7-14-3-4-15-10/h3-4,7,9H,1-2,5-6,8H2. The average molecular weight is 306 g/mol. The molecular formula is C13H14N4O3S. The van der Waals surface area contributed by atoms with Crippen molar-refractivity contribution in [3.8, 4) is 0 Å². The van der Waals surface area contributed by atoms with E-state index in [1.54, 1.807) is 4.90 Å². The van der Waals surface area contributed by atoms with Crippen LogP contribution >= 0.6 is 11.8 Å². The van der Waals surface area contributed by atoms with Crippen molar-refractivity contribution < 1.29 is 14.4 Å². The molecule has 2 aliphatic heterocycles. The molecule has 0 N–H and O–H groups in total. The van der Waals surface area contributed by atoms with Crippen molar-refractivity contribution in [1.29, 1.82) is 0 Å². The van der Waals surface area contributed by atoms with E-state index in [0.29, 0.717) is 31.6 Å². The third kappa shape index (κ3) is 2.76. The minimum Gasteiger partial charge on any atom is -0.337 e. The third-order valence-corrected chi connectivity index (χ3v) is 4.52. The molecule has 0 spiro atoms. The largest absolute Gasteiger partial charge is 0.337 e. The zero-order valence-electron chi connectivity index (χ0n) is 11.3. The molecule has 0 unspecified atom stereocenters. The van der Waals surface area contributed by atoms with Gasteiger partial charge in [0.15, 0.2) is 0 Å². The van der Waals surface area contributed by atoms with Crippen LogP contribution < -0.4 is 0 Å². The quantitative estimate of drug-likeness (QED) is 0.803. The van der Waals surface area contributed by atoms with Crippen LogP contribution in [0, 0.1) is 0 Å². The van der Waals surface area contributed by atoms with Crippen molar-refractivity contribution in [3.63, 3.8) is 0 Å². The zero-order valence-corrected chi connectivity index (χ0v) is 12.1. The lowest BCUT2D eigenvalue weighted by Crippen LogP contribution is -2.48. The molecule has 2 fully saturated rings. The van der Waals surface area contributed by atoms with Crippen LogP contribution in [0.15, 0.2) is 18.6 Å². The van der Waals surface area contributed by atoms with E-state index in [2.05, 4.69) is 9.97 Å². The van der Waals surface area contributed by atoms with Crippen molar-refractivity contribution >= 4 is 28.8 Å². The van der Waals surface area contributed by atoms with Gasteiger partial charge in [-0.15, -0.1) is 0 Å². The van der Waals surface area contributed by atoms with E-state index in [4.69, 9.17) is 0 Å². The smallest absolute Gasteiger partial charge is 0.289 e. The van der Waals surface area contributed by atoms with Crippen molar-refractivity contribution in [2.24, 2.45) is 0 Å². The first kappa shape index (κ1) is 14.0. The summed E-state index contributed by atoms with van der Waals surface area (Å²) in [7, 11) is 0. The number of rotatable bonds is 2. The minimum absolute atomic E-state index is 0.0918. The molecule has 3 amide bonds. The number of piperidine rings is 1. The molecule has 8 heteroatoms. The van der Waals surface area contributed by atoms with Gasteiger partial charge in [0.2, 0.25) is 5.91 Å². The van der Waals surface area contributed by atoms with E-state index in [9.17, 15) is 14.4 Å². The molecule has 2 aliphatic rings. The molecule has 0 saturated carbocycles. The van der Waals surface area contributed by atoms with E-state index in [1.807, 2.05) is 0 Å². The first-order valence-corrected chi connectivity index (χ1v) is 7.69. The van der Waals surface area contributed by atoms with Gasteiger partial charge in [-0.1, -0.05) is 11.8 Å². The van der Waals surface area contributed by atoms with Gasteiger partial charge < -0.3 is 4.90 Å². The number of hydrogen-bond acceptors (Lipinski definition) is 6. The van der Waals surface area contributed by atoms with Gasteiger partial charge in [-0.05, 0) is 12.8 Å². The zero-order chi connectivity index (χ0) is 14.8. The summed E-state index contributed by atoms with van der Waals surface area (Å²) < 4.78 is 0. The number of thioether (sulfide) groups is 1. The van der Waals surface area contributed by atoms with Gasteiger partial charge in [0.25, 0.3) is 11.1 Å². The van der Waals surface area contributed by atoms with Crippen LogP contribution in [0.2, 0.25) is 0 Å². The Morgan fingerprint density at radius 1 is 1.24 bits per heavy atom. The maximum absolute atomic E-state index is 12.2. The van der Waals surface area contributed by atoms with Gasteiger partial charge in [-0.3, -0.25) is 24.3 Å². The molecule has 0 radical (unpaired) electrons. The lowest BCUT2D eigenvalue weighted by molar-refractivity contribution is -0.126. The normalized spacial score (nSPS) is 20.2. The predicted octanol–water partition coefficient (Wildman–Crippen LogP) is 0.777. The maximum Gasteiger partial charge on any atom is 0.289 e. The molecular weight excluding hydrogens is 292 g/mol.